The Morgan fingerprint density at radius 2 is 2.03 bits per heavy atom. The van der Waals surface area contributed by atoms with Crippen LogP contribution in [0.1, 0.15) is 29.7 Å². The second-order valence-electron chi connectivity index (χ2n) is 8.60. The SMILES string of the molecule is C=C1NC2=C(C=CC(OCCCN3CCOCC3)=CC2)c2nn(-c3ccccc3C)c(N)c21. The Labute approximate surface area is 194 Å². The molecule has 0 bridgehead atoms. The molecule has 0 unspecified atom stereocenters. The molecule has 2 aliphatic heterocycles. The van der Waals surface area contributed by atoms with Crippen molar-refractivity contribution in [3.8, 4) is 5.69 Å². The van der Waals surface area contributed by atoms with Crippen molar-refractivity contribution < 1.29 is 9.47 Å². The van der Waals surface area contributed by atoms with Crippen LogP contribution in [0.2, 0.25) is 0 Å². The van der Waals surface area contributed by atoms with Gasteiger partial charge in [0.15, 0.2) is 0 Å². The Morgan fingerprint density at radius 1 is 1.21 bits per heavy atom. The van der Waals surface area contributed by atoms with Crippen LogP contribution in [0.4, 0.5) is 5.82 Å². The molecular formula is C26H31N5O2. The van der Waals surface area contributed by atoms with Crippen molar-refractivity contribution in [1.29, 1.82) is 0 Å². The second kappa shape index (κ2) is 9.29. The number of anilines is 1. The largest absolute Gasteiger partial charge is 0.494 e. The Bertz CT molecular complexity index is 1150. The van der Waals surface area contributed by atoms with Crippen LogP contribution >= 0.6 is 0 Å². The van der Waals surface area contributed by atoms with Crippen LogP contribution in [0.3, 0.4) is 0 Å². The van der Waals surface area contributed by atoms with Gasteiger partial charge in [0.25, 0.3) is 0 Å². The van der Waals surface area contributed by atoms with E-state index in [1.807, 2.05) is 29.0 Å². The van der Waals surface area contributed by atoms with Gasteiger partial charge in [0, 0.05) is 43.0 Å². The van der Waals surface area contributed by atoms with Gasteiger partial charge in [-0.05, 0) is 43.2 Å². The lowest BCUT2D eigenvalue weighted by Crippen LogP contribution is -2.37. The lowest BCUT2D eigenvalue weighted by molar-refractivity contribution is 0.0346. The van der Waals surface area contributed by atoms with E-state index in [1.54, 1.807) is 0 Å². The molecule has 3 N–H and O–H groups in total. The lowest BCUT2D eigenvalue weighted by Gasteiger charge is -2.26. The summed E-state index contributed by atoms with van der Waals surface area (Å²) in [5.74, 6) is 1.47. The van der Waals surface area contributed by atoms with E-state index >= 15 is 0 Å². The molecule has 0 spiro atoms. The maximum Gasteiger partial charge on any atom is 0.137 e. The van der Waals surface area contributed by atoms with Crippen molar-refractivity contribution in [2.24, 2.45) is 0 Å². The maximum atomic E-state index is 6.55. The minimum absolute atomic E-state index is 0.591. The monoisotopic (exact) mass is 445 g/mol. The number of para-hydroxylation sites is 1. The molecule has 0 atom stereocenters. The summed E-state index contributed by atoms with van der Waals surface area (Å²) in [4.78, 5) is 2.43. The number of aromatic nitrogens is 2. The highest BCUT2D eigenvalue weighted by Crippen LogP contribution is 2.38. The number of rotatable bonds is 6. The van der Waals surface area contributed by atoms with E-state index in [9.17, 15) is 0 Å². The third kappa shape index (κ3) is 4.34. The van der Waals surface area contributed by atoms with Gasteiger partial charge in [-0.15, -0.1) is 0 Å². The third-order valence-corrected chi connectivity index (χ3v) is 6.36. The summed E-state index contributed by atoms with van der Waals surface area (Å²) in [5.41, 5.74) is 13.2. The van der Waals surface area contributed by atoms with Crippen LogP contribution in [0.15, 0.2) is 60.5 Å². The third-order valence-electron chi connectivity index (χ3n) is 6.36. The van der Waals surface area contributed by atoms with E-state index in [2.05, 4.69) is 41.9 Å². The van der Waals surface area contributed by atoms with Crippen LogP contribution in [0, 0.1) is 6.92 Å². The van der Waals surface area contributed by atoms with Crippen LogP contribution in [-0.4, -0.2) is 54.1 Å². The zero-order valence-corrected chi connectivity index (χ0v) is 19.1. The molecule has 7 nitrogen and oxygen atoms in total. The van der Waals surface area contributed by atoms with Crippen molar-refractivity contribution in [1.82, 2.24) is 20.0 Å². The van der Waals surface area contributed by atoms with E-state index in [0.29, 0.717) is 12.4 Å². The predicted octanol–water partition coefficient (Wildman–Crippen LogP) is 3.63. The first-order chi connectivity index (χ1) is 16.1. The van der Waals surface area contributed by atoms with Gasteiger partial charge in [0.2, 0.25) is 0 Å². The molecule has 33 heavy (non-hydrogen) atoms. The number of aryl methyl sites for hydroxylation is 1. The quantitative estimate of drug-likeness (QED) is 0.662. The van der Waals surface area contributed by atoms with Gasteiger partial charge in [-0.1, -0.05) is 24.8 Å². The first kappa shape index (κ1) is 21.6. The molecule has 7 heteroatoms. The average Bonchev–Trinajstić information content (AvgIpc) is 3.04. The normalized spacial score (nSPS) is 18.3. The number of fused-ring (bicyclic) bond motifs is 2. The van der Waals surface area contributed by atoms with Crippen molar-refractivity contribution in [2.45, 2.75) is 19.8 Å². The number of hydrogen-bond acceptors (Lipinski definition) is 6. The summed E-state index contributed by atoms with van der Waals surface area (Å²) in [6, 6.07) is 8.11. The number of morpholine rings is 1. The van der Waals surface area contributed by atoms with Gasteiger partial charge < -0.3 is 20.5 Å². The molecule has 1 saturated heterocycles. The molecule has 1 aliphatic carbocycles. The summed E-state index contributed by atoms with van der Waals surface area (Å²) in [6.45, 7) is 11.7. The maximum absolute atomic E-state index is 6.55. The zero-order valence-electron chi connectivity index (χ0n) is 19.1. The number of nitrogen functional groups attached to an aromatic ring is 1. The molecule has 1 aromatic heterocycles. The van der Waals surface area contributed by atoms with E-state index in [4.69, 9.17) is 20.3 Å². The van der Waals surface area contributed by atoms with E-state index in [1.165, 1.54) is 0 Å². The molecule has 1 fully saturated rings. The molecule has 2 aromatic rings. The molecular weight excluding hydrogens is 414 g/mol. The number of ether oxygens (including phenoxy) is 2. The number of nitrogens with zero attached hydrogens (tertiary/aromatic N) is 3. The average molecular weight is 446 g/mol. The Kier molecular flexibility index (Phi) is 6.07. The highest BCUT2D eigenvalue weighted by molar-refractivity contribution is 5.92. The number of nitrogens with two attached hydrogens (primary N) is 1. The summed E-state index contributed by atoms with van der Waals surface area (Å²) in [7, 11) is 0. The van der Waals surface area contributed by atoms with Gasteiger partial charge in [0.1, 0.15) is 17.3 Å². The second-order valence-corrected chi connectivity index (χ2v) is 8.60. The molecule has 172 valence electrons. The molecule has 0 saturated carbocycles. The van der Waals surface area contributed by atoms with Gasteiger partial charge in [-0.25, -0.2) is 4.68 Å². The summed E-state index contributed by atoms with van der Waals surface area (Å²) >= 11 is 0. The van der Waals surface area contributed by atoms with Crippen LogP contribution in [0.25, 0.3) is 17.0 Å². The van der Waals surface area contributed by atoms with Crippen molar-refractivity contribution >= 4 is 17.1 Å². The molecule has 3 heterocycles. The summed E-state index contributed by atoms with van der Waals surface area (Å²) in [6.07, 6.45) is 7.93. The zero-order chi connectivity index (χ0) is 22.8. The fourth-order valence-corrected chi connectivity index (χ4v) is 4.54. The topological polar surface area (TPSA) is 77.6 Å². The number of benzene rings is 1. The van der Waals surface area contributed by atoms with Crippen LogP contribution < -0.4 is 11.1 Å². The molecule has 3 aliphatic rings. The fraction of sp³-hybridized carbons (Fsp3) is 0.346. The Morgan fingerprint density at radius 3 is 2.85 bits per heavy atom. The van der Waals surface area contributed by atoms with Gasteiger partial charge in [0.05, 0.1) is 31.1 Å². The smallest absolute Gasteiger partial charge is 0.137 e. The van der Waals surface area contributed by atoms with Crippen LogP contribution in [-0.2, 0) is 9.47 Å². The van der Waals surface area contributed by atoms with Gasteiger partial charge in [-0.3, -0.25) is 4.90 Å². The van der Waals surface area contributed by atoms with E-state index in [-0.39, 0.29) is 0 Å². The molecule has 0 radical (unpaired) electrons. The Balaban J connectivity index is 1.31. The van der Waals surface area contributed by atoms with E-state index in [0.717, 1.165) is 90.9 Å². The number of allylic oxidation sites excluding steroid dienone is 4. The Hall–Kier alpha value is -3.29. The van der Waals surface area contributed by atoms with Crippen LogP contribution in [0.5, 0.6) is 0 Å². The number of nitrogens with one attached hydrogen (secondary N) is 1. The highest BCUT2D eigenvalue weighted by Gasteiger charge is 2.28. The van der Waals surface area contributed by atoms with E-state index < -0.39 is 0 Å². The van der Waals surface area contributed by atoms with Gasteiger partial charge in [-0.2, -0.15) is 5.10 Å². The first-order valence-corrected chi connectivity index (χ1v) is 11.6. The molecule has 0 amide bonds. The lowest BCUT2D eigenvalue weighted by atomic mass is 9.98. The van der Waals surface area contributed by atoms with Crippen molar-refractivity contribution in [2.75, 3.05) is 45.2 Å². The predicted molar refractivity (Wildman–Crippen MR) is 131 cm³/mol. The minimum atomic E-state index is 0.591. The summed E-state index contributed by atoms with van der Waals surface area (Å²) in [5, 5.41) is 8.36. The molecule has 1 aromatic carbocycles. The standard InChI is InChI=1S/C26H31N5O2/c1-18-6-3-4-7-23(18)31-26(27)24-19(2)28-22-11-9-20(8-10-21(22)25(24)29-31)33-15-5-12-30-13-16-32-17-14-30/h3-4,6-10,28H,2,5,11-17,27H2,1H3. The van der Waals surface area contributed by atoms with Crippen molar-refractivity contribution in [3.63, 3.8) is 0 Å². The molecule has 5 rings (SSSR count). The van der Waals surface area contributed by atoms with Crippen molar-refractivity contribution in [3.05, 3.63) is 77.3 Å². The minimum Gasteiger partial charge on any atom is -0.494 e. The summed E-state index contributed by atoms with van der Waals surface area (Å²) < 4.78 is 13.3. The highest BCUT2D eigenvalue weighted by atomic mass is 16.5. The number of hydrogen-bond donors (Lipinski definition) is 2. The first-order valence-electron chi connectivity index (χ1n) is 11.6. The van der Waals surface area contributed by atoms with Gasteiger partial charge >= 0.3 is 0 Å². The fourth-order valence-electron chi connectivity index (χ4n) is 4.54.